The number of nitrogens with zero attached hydrogens (tertiary/aromatic N) is 1. The molecule has 0 aromatic heterocycles. The lowest BCUT2D eigenvalue weighted by molar-refractivity contribution is 0.0154. The fourth-order valence-electron chi connectivity index (χ4n) is 3.04. The van der Waals surface area contributed by atoms with Crippen LogP contribution in [0, 0.1) is 5.92 Å². The number of carbonyl (C=O) groups excluding carboxylic acids is 1. The highest BCUT2D eigenvalue weighted by atomic mass is 28.4. The summed E-state index contributed by atoms with van der Waals surface area (Å²) in [4.78, 5) is 14.0. The van der Waals surface area contributed by atoms with Crippen LogP contribution < -0.4 is 0 Å². The van der Waals surface area contributed by atoms with Crippen molar-refractivity contribution in [2.45, 2.75) is 97.1 Å². The first-order valence-corrected chi connectivity index (χ1v) is 12.9. The van der Waals surface area contributed by atoms with Crippen LogP contribution in [0.25, 0.3) is 0 Å². The average Bonchev–Trinajstić information content (AvgIpc) is 2.45. The summed E-state index contributed by atoms with van der Waals surface area (Å²) in [5, 5.41) is 9.53. The second kappa shape index (κ2) is 9.07. The molecular formula is C20H41NO4Si. The summed E-state index contributed by atoms with van der Waals surface area (Å²) >= 11 is 0. The molecule has 0 bridgehead atoms. The zero-order valence-electron chi connectivity index (χ0n) is 18.2. The fourth-order valence-corrected chi connectivity index (χ4v) is 4.46. The maximum atomic E-state index is 12.4. The lowest BCUT2D eigenvalue weighted by Gasteiger charge is -2.41. The molecule has 0 aromatic carbocycles. The second-order valence-electron chi connectivity index (χ2n) is 10.2. The molecular weight excluding hydrogens is 346 g/mol. The van der Waals surface area contributed by atoms with Gasteiger partial charge in [0.05, 0.1) is 6.61 Å². The summed E-state index contributed by atoms with van der Waals surface area (Å²) in [6.45, 7) is 18.0. The van der Waals surface area contributed by atoms with Crippen molar-refractivity contribution in [3.8, 4) is 0 Å². The van der Waals surface area contributed by atoms with Crippen molar-refractivity contribution in [1.82, 2.24) is 4.90 Å². The molecule has 0 aromatic rings. The fraction of sp³-hybridized carbons (Fsp3) is 0.950. The normalized spacial score (nSPS) is 22.2. The first-order valence-electron chi connectivity index (χ1n) is 10.0. The van der Waals surface area contributed by atoms with E-state index in [2.05, 4.69) is 33.9 Å². The highest BCUT2D eigenvalue weighted by molar-refractivity contribution is 6.74. The number of amides is 1. The van der Waals surface area contributed by atoms with Crippen LogP contribution in [0.1, 0.15) is 67.2 Å². The Hall–Kier alpha value is -0.593. The number of hydrogen-bond donors (Lipinski definition) is 1. The molecule has 1 rings (SSSR count). The van der Waals surface area contributed by atoms with Gasteiger partial charge in [-0.05, 0) is 70.5 Å². The minimum Gasteiger partial charge on any atom is -0.444 e. The van der Waals surface area contributed by atoms with Crippen LogP contribution in [-0.2, 0) is 9.16 Å². The van der Waals surface area contributed by atoms with Gasteiger partial charge in [0.15, 0.2) is 8.32 Å². The molecule has 154 valence electrons. The molecule has 0 atom stereocenters. The molecule has 26 heavy (non-hydrogen) atoms. The first-order chi connectivity index (χ1) is 11.7. The van der Waals surface area contributed by atoms with E-state index in [1.807, 2.05) is 20.8 Å². The second-order valence-corrected chi connectivity index (χ2v) is 14.9. The molecule has 1 N–H and O–H groups in total. The number of ether oxygens (including phenoxy) is 1. The Morgan fingerprint density at radius 1 is 1.08 bits per heavy atom. The van der Waals surface area contributed by atoms with Gasteiger partial charge in [0.25, 0.3) is 0 Å². The van der Waals surface area contributed by atoms with E-state index in [0.29, 0.717) is 25.1 Å². The predicted molar refractivity (Wildman–Crippen MR) is 109 cm³/mol. The maximum Gasteiger partial charge on any atom is 0.410 e. The Balaban J connectivity index is 2.54. The van der Waals surface area contributed by atoms with E-state index in [4.69, 9.17) is 9.16 Å². The van der Waals surface area contributed by atoms with Crippen LogP contribution in [0.5, 0.6) is 0 Å². The highest BCUT2D eigenvalue weighted by Gasteiger charge is 2.40. The highest BCUT2D eigenvalue weighted by Crippen LogP contribution is 2.39. The van der Waals surface area contributed by atoms with Gasteiger partial charge in [0.2, 0.25) is 0 Å². The van der Waals surface area contributed by atoms with E-state index in [9.17, 15) is 9.90 Å². The molecule has 0 aliphatic heterocycles. The zero-order valence-corrected chi connectivity index (χ0v) is 19.2. The Labute approximate surface area is 161 Å². The first kappa shape index (κ1) is 23.4. The van der Waals surface area contributed by atoms with E-state index >= 15 is 0 Å². The lowest BCUT2D eigenvalue weighted by Crippen LogP contribution is -2.45. The number of hydrogen-bond acceptors (Lipinski definition) is 4. The monoisotopic (exact) mass is 387 g/mol. The van der Waals surface area contributed by atoms with Crippen molar-refractivity contribution in [3.63, 3.8) is 0 Å². The third kappa shape index (κ3) is 7.57. The molecule has 0 saturated heterocycles. The van der Waals surface area contributed by atoms with Crippen LogP contribution in [0.3, 0.4) is 0 Å². The van der Waals surface area contributed by atoms with Gasteiger partial charge in [-0.1, -0.05) is 20.8 Å². The molecule has 0 unspecified atom stereocenters. The van der Waals surface area contributed by atoms with Gasteiger partial charge in [-0.2, -0.15) is 0 Å². The van der Waals surface area contributed by atoms with Gasteiger partial charge in [-0.15, -0.1) is 0 Å². The van der Waals surface area contributed by atoms with Crippen molar-refractivity contribution < 1.29 is 19.1 Å². The molecule has 0 spiro atoms. The van der Waals surface area contributed by atoms with Gasteiger partial charge in [0.1, 0.15) is 5.60 Å². The van der Waals surface area contributed by atoms with Gasteiger partial charge < -0.3 is 19.2 Å². The number of aliphatic hydroxyl groups excluding tert-OH is 1. The number of rotatable bonds is 6. The summed E-state index contributed by atoms with van der Waals surface area (Å²) < 4.78 is 12.0. The molecule has 0 radical (unpaired) electrons. The molecule has 1 saturated carbocycles. The third-order valence-electron chi connectivity index (χ3n) is 5.56. The van der Waals surface area contributed by atoms with Crippen molar-refractivity contribution in [3.05, 3.63) is 0 Å². The molecule has 1 aliphatic carbocycles. The van der Waals surface area contributed by atoms with Crippen molar-refractivity contribution in [2.75, 3.05) is 19.7 Å². The molecule has 1 fully saturated rings. The maximum absolute atomic E-state index is 12.4. The summed E-state index contributed by atoms with van der Waals surface area (Å²) in [5.74, 6) is 0.452. The number of aliphatic hydroxyl groups is 1. The Morgan fingerprint density at radius 3 is 2.04 bits per heavy atom. The van der Waals surface area contributed by atoms with E-state index in [0.717, 1.165) is 25.7 Å². The molecule has 0 heterocycles. The largest absolute Gasteiger partial charge is 0.444 e. The topological polar surface area (TPSA) is 59.0 Å². The van der Waals surface area contributed by atoms with Gasteiger partial charge in [-0.25, -0.2) is 4.79 Å². The van der Waals surface area contributed by atoms with Crippen LogP contribution in [0.2, 0.25) is 18.1 Å². The van der Waals surface area contributed by atoms with Crippen LogP contribution in [0.4, 0.5) is 4.79 Å². The van der Waals surface area contributed by atoms with E-state index in [1.165, 1.54) is 0 Å². The third-order valence-corrected chi connectivity index (χ3v) is 10.1. The minimum atomic E-state index is -1.72. The lowest BCUT2D eigenvalue weighted by atomic mass is 9.87. The Bertz CT molecular complexity index is 446. The average molecular weight is 388 g/mol. The zero-order chi connectivity index (χ0) is 20.2. The summed E-state index contributed by atoms with van der Waals surface area (Å²) in [6.07, 6.45) is 4.25. The number of carbonyl (C=O) groups is 1. The molecule has 1 amide bonds. The Morgan fingerprint density at radius 2 is 1.62 bits per heavy atom. The van der Waals surface area contributed by atoms with Crippen LogP contribution in [0.15, 0.2) is 0 Å². The van der Waals surface area contributed by atoms with Crippen molar-refractivity contribution in [1.29, 1.82) is 0 Å². The SMILES string of the molecule is CC(C)(C)OC(=O)N(CCO)C[C@H]1CC[C@H](O[Si](C)(C)C(C)(C)C)CC1. The van der Waals surface area contributed by atoms with E-state index in [-0.39, 0.29) is 17.7 Å². The molecule has 5 nitrogen and oxygen atoms in total. The minimum absolute atomic E-state index is 0.0386. The van der Waals surface area contributed by atoms with E-state index < -0.39 is 13.9 Å². The Kier molecular flexibility index (Phi) is 8.17. The van der Waals surface area contributed by atoms with Gasteiger partial charge in [0, 0.05) is 19.2 Å². The van der Waals surface area contributed by atoms with E-state index in [1.54, 1.807) is 4.90 Å². The summed E-state index contributed by atoms with van der Waals surface area (Å²) in [7, 11) is -1.72. The standard InChI is InChI=1S/C20H41NO4Si/c1-19(2,3)24-18(23)21(13-14-22)15-16-9-11-17(12-10-16)25-26(7,8)20(4,5)6/h16-17,22H,9-15H2,1-8H3/t16-,17-. The quantitative estimate of drug-likeness (QED) is 0.665. The molecule has 6 heteroatoms. The van der Waals surface area contributed by atoms with Crippen molar-refractivity contribution >= 4 is 14.4 Å². The van der Waals surface area contributed by atoms with Crippen LogP contribution >= 0.6 is 0 Å². The van der Waals surface area contributed by atoms with Gasteiger partial charge in [-0.3, -0.25) is 0 Å². The smallest absolute Gasteiger partial charge is 0.410 e. The summed E-state index contributed by atoms with van der Waals surface area (Å²) in [5.41, 5.74) is -0.514. The molecule has 1 aliphatic rings. The van der Waals surface area contributed by atoms with Gasteiger partial charge >= 0.3 is 6.09 Å². The predicted octanol–water partition coefficient (Wildman–Crippen LogP) is 4.80. The summed E-state index contributed by atoms with van der Waals surface area (Å²) in [6, 6.07) is 0. The van der Waals surface area contributed by atoms with Crippen LogP contribution in [-0.4, -0.2) is 55.8 Å². The van der Waals surface area contributed by atoms with Crippen molar-refractivity contribution in [2.24, 2.45) is 5.92 Å².